The Hall–Kier alpha value is -2.98. The highest BCUT2D eigenvalue weighted by Crippen LogP contribution is 2.36. The summed E-state index contributed by atoms with van der Waals surface area (Å²) in [6.07, 6.45) is 5.29. The summed E-state index contributed by atoms with van der Waals surface area (Å²) in [5, 5.41) is 2.68. The van der Waals surface area contributed by atoms with Gasteiger partial charge in [-0.15, -0.1) is 22.9 Å². The Labute approximate surface area is 197 Å². The van der Waals surface area contributed by atoms with Crippen molar-refractivity contribution >= 4 is 40.4 Å². The van der Waals surface area contributed by atoms with Gasteiger partial charge in [0.2, 0.25) is 17.7 Å². The van der Waals surface area contributed by atoms with Crippen LogP contribution in [0.15, 0.2) is 54.7 Å². The van der Waals surface area contributed by atoms with Gasteiger partial charge in [0.05, 0.1) is 10.4 Å². The average molecular weight is 492 g/mol. The Morgan fingerprint density at radius 1 is 1.18 bits per heavy atom. The van der Waals surface area contributed by atoms with E-state index in [1.54, 1.807) is 23.8 Å². The van der Waals surface area contributed by atoms with Crippen molar-refractivity contribution in [3.8, 4) is 10.4 Å². The number of aromatic nitrogens is 3. The van der Waals surface area contributed by atoms with Gasteiger partial charge in [0.25, 0.3) is 0 Å². The molecule has 7 nitrogen and oxygen atoms in total. The molecule has 1 aromatic carbocycles. The zero-order valence-corrected chi connectivity index (χ0v) is 18.9. The Morgan fingerprint density at radius 2 is 1.91 bits per heavy atom. The third kappa shape index (κ3) is 5.33. The van der Waals surface area contributed by atoms with Crippen molar-refractivity contribution in [3.05, 3.63) is 60.3 Å². The third-order valence-corrected chi connectivity index (χ3v) is 6.45. The maximum atomic E-state index is 13.7. The van der Waals surface area contributed by atoms with Gasteiger partial charge in [0.1, 0.15) is 18.2 Å². The van der Waals surface area contributed by atoms with Crippen LogP contribution in [0, 0.1) is 0 Å². The van der Waals surface area contributed by atoms with E-state index in [4.69, 9.17) is 11.6 Å². The van der Waals surface area contributed by atoms with Crippen molar-refractivity contribution in [1.29, 1.82) is 0 Å². The van der Waals surface area contributed by atoms with Gasteiger partial charge in [-0.05, 0) is 24.1 Å². The highest BCUT2D eigenvalue weighted by Gasteiger charge is 2.42. The average Bonchev–Trinajstić information content (AvgIpc) is 3.47. The number of anilines is 1. The van der Waals surface area contributed by atoms with Crippen molar-refractivity contribution in [2.75, 3.05) is 10.8 Å². The molecule has 0 radical (unpaired) electrons. The van der Waals surface area contributed by atoms with Crippen LogP contribution in [0.4, 0.5) is 14.5 Å². The van der Waals surface area contributed by atoms with E-state index in [1.807, 2.05) is 12.1 Å². The standard InChI is InChI=1S/C22H20ClF2N5O2S/c23-8-19(31)30(17-3-1-14(2-4-17)18-11-28-13-33-18)20(15-9-26-12-27-10-15)21(32)29-16-5-6-22(24,25)7-16/h1-4,9-13,16,20H,5-8H2,(H,29,32)/t16-,20-/m0/s1. The number of nitrogens with zero attached hydrogens (tertiary/aromatic N) is 4. The van der Waals surface area contributed by atoms with E-state index in [0.29, 0.717) is 11.3 Å². The topological polar surface area (TPSA) is 88.1 Å². The van der Waals surface area contributed by atoms with Gasteiger partial charge < -0.3 is 5.32 Å². The summed E-state index contributed by atoms with van der Waals surface area (Å²) >= 11 is 7.37. The summed E-state index contributed by atoms with van der Waals surface area (Å²) in [6, 6.07) is 5.15. The highest BCUT2D eigenvalue weighted by molar-refractivity contribution is 7.13. The lowest BCUT2D eigenvalue weighted by Crippen LogP contribution is -2.47. The molecule has 2 atom stereocenters. The second kappa shape index (κ2) is 9.88. The number of rotatable bonds is 7. The second-order valence-electron chi connectivity index (χ2n) is 7.69. The number of alkyl halides is 3. The number of hydrogen-bond acceptors (Lipinski definition) is 6. The molecule has 0 spiro atoms. The van der Waals surface area contributed by atoms with Crippen LogP contribution in [0.1, 0.15) is 30.9 Å². The first kappa shape index (κ1) is 23.2. The number of thiazole rings is 1. The Bertz CT molecular complexity index is 1100. The largest absolute Gasteiger partial charge is 0.351 e. The molecular formula is C22H20ClF2N5O2S. The minimum absolute atomic E-state index is 0.156. The molecule has 4 rings (SSSR count). The maximum absolute atomic E-state index is 13.7. The van der Waals surface area contributed by atoms with E-state index >= 15 is 0 Å². The van der Waals surface area contributed by atoms with Crippen molar-refractivity contribution in [3.63, 3.8) is 0 Å². The molecular weight excluding hydrogens is 472 g/mol. The van der Waals surface area contributed by atoms with Crippen molar-refractivity contribution in [2.45, 2.75) is 37.3 Å². The Morgan fingerprint density at radius 3 is 2.48 bits per heavy atom. The van der Waals surface area contributed by atoms with Crippen molar-refractivity contribution in [2.24, 2.45) is 0 Å². The van der Waals surface area contributed by atoms with E-state index in [1.165, 1.54) is 35.0 Å². The summed E-state index contributed by atoms with van der Waals surface area (Å²) in [7, 11) is 0. The number of carbonyl (C=O) groups is 2. The highest BCUT2D eigenvalue weighted by atomic mass is 35.5. The second-order valence-corrected chi connectivity index (χ2v) is 8.84. The lowest BCUT2D eigenvalue weighted by Gasteiger charge is -2.31. The molecule has 2 aromatic heterocycles. The third-order valence-electron chi connectivity index (χ3n) is 5.40. The van der Waals surface area contributed by atoms with E-state index < -0.39 is 36.2 Å². The summed E-state index contributed by atoms with van der Waals surface area (Å²) in [6.45, 7) is 0. The van der Waals surface area contributed by atoms with Gasteiger partial charge >= 0.3 is 0 Å². The first-order valence-electron chi connectivity index (χ1n) is 10.2. The molecule has 0 saturated heterocycles. The van der Waals surface area contributed by atoms with Gasteiger partial charge in [-0.1, -0.05) is 12.1 Å². The molecule has 0 bridgehead atoms. The summed E-state index contributed by atoms with van der Waals surface area (Å²) in [5.41, 5.74) is 3.38. The van der Waals surface area contributed by atoms with Gasteiger partial charge in [-0.2, -0.15) is 0 Å². The smallest absolute Gasteiger partial charge is 0.250 e. The lowest BCUT2D eigenvalue weighted by molar-refractivity contribution is -0.126. The Balaban J connectivity index is 1.68. The van der Waals surface area contributed by atoms with E-state index in [9.17, 15) is 18.4 Å². The molecule has 1 aliphatic carbocycles. The molecule has 2 heterocycles. The van der Waals surface area contributed by atoms with E-state index in [2.05, 4.69) is 20.3 Å². The normalized spacial score (nSPS) is 18.0. The number of nitrogens with one attached hydrogen (secondary N) is 1. The van der Waals surface area contributed by atoms with Crippen LogP contribution in [0.2, 0.25) is 0 Å². The van der Waals surface area contributed by atoms with E-state index in [0.717, 1.165) is 10.4 Å². The number of amides is 2. The van der Waals surface area contributed by atoms with Gasteiger partial charge in [0.15, 0.2) is 0 Å². The number of halogens is 3. The fourth-order valence-corrected chi connectivity index (χ4v) is 4.63. The minimum Gasteiger partial charge on any atom is -0.351 e. The molecule has 1 aliphatic rings. The first-order valence-corrected chi connectivity index (χ1v) is 11.6. The fourth-order valence-electron chi connectivity index (χ4n) is 3.87. The fraction of sp³-hybridized carbons (Fsp3) is 0.318. The zero-order chi connectivity index (χ0) is 23.4. The van der Waals surface area contributed by atoms with Crippen LogP contribution in [-0.2, 0) is 9.59 Å². The molecule has 1 N–H and O–H groups in total. The molecule has 2 amide bonds. The van der Waals surface area contributed by atoms with Gasteiger partial charge in [0, 0.05) is 48.7 Å². The van der Waals surface area contributed by atoms with Crippen LogP contribution >= 0.6 is 22.9 Å². The molecule has 1 saturated carbocycles. The van der Waals surface area contributed by atoms with Crippen LogP contribution < -0.4 is 10.2 Å². The summed E-state index contributed by atoms with van der Waals surface area (Å²) < 4.78 is 27.3. The number of benzene rings is 1. The quantitative estimate of drug-likeness (QED) is 0.500. The summed E-state index contributed by atoms with van der Waals surface area (Å²) in [4.78, 5) is 40.5. The number of hydrogen-bond donors (Lipinski definition) is 1. The predicted octanol–water partition coefficient (Wildman–Crippen LogP) is 4.22. The zero-order valence-electron chi connectivity index (χ0n) is 17.3. The Kier molecular flexibility index (Phi) is 6.94. The van der Waals surface area contributed by atoms with Gasteiger partial charge in [-0.3, -0.25) is 19.5 Å². The molecule has 0 unspecified atom stereocenters. The molecule has 3 aromatic rings. The van der Waals surface area contributed by atoms with Crippen molar-refractivity contribution in [1.82, 2.24) is 20.3 Å². The SMILES string of the molecule is O=C(N[C@H]1CCC(F)(F)C1)[C@H](c1cncnc1)N(C(=O)CCl)c1ccc(-c2cncs2)cc1. The molecule has 33 heavy (non-hydrogen) atoms. The van der Waals surface area contributed by atoms with Crippen LogP contribution in [0.25, 0.3) is 10.4 Å². The molecule has 172 valence electrons. The number of carbonyl (C=O) groups excluding carboxylic acids is 2. The van der Waals surface area contributed by atoms with Crippen LogP contribution in [0.5, 0.6) is 0 Å². The van der Waals surface area contributed by atoms with Crippen LogP contribution in [0.3, 0.4) is 0 Å². The predicted molar refractivity (Wildman–Crippen MR) is 121 cm³/mol. The molecule has 1 fully saturated rings. The van der Waals surface area contributed by atoms with Crippen LogP contribution in [-0.4, -0.2) is 44.6 Å². The maximum Gasteiger partial charge on any atom is 0.250 e. The monoisotopic (exact) mass is 491 g/mol. The van der Waals surface area contributed by atoms with E-state index in [-0.39, 0.29) is 18.7 Å². The minimum atomic E-state index is -2.82. The lowest BCUT2D eigenvalue weighted by atomic mass is 10.0. The van der Waals surface area contributed by atoms with Crippen molar-refractivity contribution < 1.29 is 18.4 Å². The molecule has 0 aliphatic heterocycles. The first-order chi connectivity index (χ1) is 15.9. The molecule has 11 heteroatoms. The summed E-state index contributed by atoms with van der Waals surface area (Å²) in [5.74, 6) is -4.32. The van der Waals surface area contributed by atoms with Gasteiger partial charge in [-0.25, -0.2) is 18.7 Å².